The molecular weight excluding hydrogens is 286 g/mol. The summed E-state index contributed by atoms with van der Waals surface area (Å²) < 4.78 is 5.71. The average Bonchev–Trinajstić information content (AvgIpc) is 2.49. The first-order valence-corrected chi connectivity index (χ1v) is 7.26. The van der Waals surface area contributed by atoms with Crippen LogP contribution in [0.1, 0.15) is 18.9 Å². The Morgan fingerprint density at radius 2 is 1.95 bits per heavy atom. The van der Waals surface area contributed by atoms with E-state index in [4.69, 9.17) is 16.3 Å². The summed E-state index contributed by atoms with van der Waals surface area (Å²) in [5, 5.41) is 3.46. The molecule has 0 fully saturated rings. The van der Waals surface area contributed by atoms with Gasteiger partial charge in [0.2, 0.25) is 0 Å². The van der Waals surface area contributed by atoms with E-state index in [1.54, 1.807) is 6.07 Å². The minimum atomic E-state index is -0.535. The van der Waals surface area contributed by atoms with Gasteiger partial charge in [0.05, 0.1) is 0 Å². The van der Waals surface area contributed by atoms with Gasteiger partial charge in [0, 0.05) is 10.7 Å². The Labute approximate surface area is 129 Å². The molecule has 0 unspecified atom stereocenters. The van der Waals surface area contributed by atoms with Crippen molar-refractivity contribution in [1.82, 2.24) is 0 Å². The molecule has 0 aromatic heterocycles. The molecule has 0 spiro atoms. The number of carbonyl (C=O) groups is 1. The predicted octanol–water partition coefficient (Wildman–Crippen LogP) is 4.44. The third-order valence-electron chi connectivity index (χ3n) is 3.12. The number of benzene rings is 2. The van der Waals surface area contributed by atoms with E-state index in [1.807, 2.05) is 56.3 Å². The second kappa shape index (κ2) is 7.14. The topological polar surface area (TPSA) is 38.3 Å². The first kappa shape index (κ1) is 15.4. The third kappa shape index (κ3) is 4.23. The van der Waals surface area contributed by atoms with Gasteiger partial charge >= 0.3 is 0 Å². The smallest absolute Gasteiger partial charge is 0.265 e. The second-order valence-electron chi connectivity index (χ2n) is 4.78. The number of amides is 1. The Morgan fingerprint density at radius 1 is 1.24 bits per heavy atom. The van der Waals surface area contributed by atoms with Gasteiger partial charge in [-0.05, 0) is 43.2 Å². The zero-order chi connectivity index (χ0) is 15.2. The Balaban J connectivity index is 2.04. The number of anilines is 1. The van der Waals surface area contributed by atoms with E-state index < -0.39 is 6.10 Å². The summed E-state index contributed by atoms with van der Waals surface area (Å²) in [6.07, 6.45) is 0.0489. The quantitative estimate of drug-likeness (QED) is 0.886. The number of aryl methyl sites for hydroxylation is 1. The van der Waals surface area contributed by atoms with E-state index in [-0.39, 0.29) is 5.91 Å². The summed E-state index contributed by atoms with van der Waals surface area (Å²) in [7, 11) is 0. The Morgan fingerprint density at radius 3 is 2.57 bits per heavy atom. The van der Waals surface area contributed by atoms with Crippen molar-refractivity contribution in [3.05, 3.63) is 59.1 Å². The lowest BCUT2D eigenvalue weighted by Gasteiger charge is -2.17. The van der Waals surface area contributed by atoms with Crippen molar-refractivity contribution in [3.63, 3.8) is 0 Å². The first-order valence-electron chi connectivity index (χ1n) is 6.89. The number of para-hydroxylation sites is 1. The molecule has 0 saturated heterocycles. The molecule has 0 radical (unpaired) electrons. The van der Waals surface area contributed by atoms with Crippen LogP contribution >= 0.6 is 11.6 Å². The normalized spacial score (nSPS) is 11.8. The molecule has 2 rings (SSSR count). The van der Waals surface area contributed by atoms with Crippen LogP contribution in [0, 0.1) is 6.92 Å². The van der Waals surface area contributed by atoms with Crippen LogP contribution in [0.15, 0.2) is 48.5 Å². The Hall–Kier alpha value is -2.00. The summed E-state index contributed by atoms with van der Waals surface area (Å²) in [5.41, 5.74) is 1.65. The molecule has 0 saturated carbocycles. The van der Waals surface area contributed by atoms with Gasteiger partial charge in [-0.1, -0.05) is 42.8 Å². The maximum atomic E-state index is 12.3. The second-order valence-corrected chi connectivity index (χ2v) is 5.19. The summed E-state index contributed by atoms with van der Waals surface area (Å²) in [6, 6.07) is 14.8. The van der Waals surface area contributed by atoms with E-state index in [0.29, 0.717) is 22.9 Å². The highest BCUT2D eigenvalue weighted by Crippen LogP contribution is 2.21. The molecule has 3 nitrogen and oxygen atoms in total. The summed E-state index contributed by atoms with van der Waals surface area (Å²) in [4.78, 5) is 12.3. The van der Waals surface area contributed by atoms with Crippen molar-refractivity contribution >= 4 is 23.2 Å². The molecule has 2 aromatic rings. The summed E-state index contributed by atoms with van der Waals surface area (Å²) in [6.45, 7) is 3.83. The fraction of sp³-hybridized carbons (Fsp3) is 0.235. The highest BCUT2D eigenvalue weighted by molar-refractivity contribution is 6.31. The molecule has 21 heavy (non-hydrogen) atoms. The number of nitrogens with one attached hydrogen (secondary N) is 1. The molecule has 0 bridgehead atoms. The van der Waals surface area contributed by atoms with Crippen molar-refractivity contribution in [1.29, 1.82) is 0 Å². The number of halogens is 1. The highest BCUT2D eigenvalue weighted by atomic mass is 35.5. The van der Waals surface area contributed by atoms with Crippen molar-refractivity contribution in [2.24, 2.45) is 0 Å². The number of hydrogen-bond acceptors (Lipinski definition) is 2. The first-order chi connectivity index (χ1) is 10.1. The third-order valence-corrected chi connectivity index (χ3v) is 3.53. The van der Waals surface area contributed by atoms with Crippen molar-refractivity contribution < 1.29 is 9.53 Å². The molecular formula is C17H18ClNO2. The van der Waals surface area contributed by atoms with E-state index in [2.05, 4.69) is 5.32 Å². The average molecular weight is 304 g/mol. The summed E-state index contributed by atoms with van der Waals surface area (Å²) in [5.74, 6) is 0.503. The Bertz CT molecular complexity index is 613. The van der Waals surface area contributed by atoms with E-state index in [1.165, 1.54) is 0 Å². The lowest BCUT2D eigenvalue weighted by Crippen LogP contribution is -2.32. The molecule has 0 heterocycles. The highest BCUT2D eigenvalue weighted by Gasteiger charge is 2.18. The monoisotopic (exact) mass is 303 g/mol. The Kier molecular flexibility index (Phi) is 5.23. The molecule has 4 heteroatoms. The van der Waals surface area contributed by atoms with Crippen molar-refractivity contribution in [2.45, 2.75) is 26.4 Å². The molecule has 0 aliphatic carbocycles. The molecule has 1 N–H and O–H groups in total. The number of rotatable bonds is 5. The van der Waals surface area contributed by atoms with Crippen LogP contribution in [0.3, 0.4) is 0 Å². The molecule has 0 aliphatic heterocycles. The zero-order valence-electron chi connectivity index (χ0n) is 12.1. The molecule has 0 aliphatic rings. The van der Waals surface area contributed by atoms with Gasteiger partial charge in [0.25, 0.3) is 5.91 Å². The van der Waals surface area contributed by atoms with Gasteiger partial charge in [-0.2, -0.15) is 0 Å². The van der Waals surface area contributed by atoms with E-state index >= 15 is 0 Å². The van der Waals surface area contributed by atoms with Crippen LogP contribution in [0.4, 0.5) is 5.69 Å². The minimum absolute atomic E-state index is 0.179. The summed E-state index contributed by atoms with van der Waals surface area (Å²) >= 11 is 6.06. The minimum Gasteiger partial charge on any atom is -0.481 e. The van der Waals surface area contributed by atoms with Crippen LogP contribution in [0.25, 0.3) is 0 Å². The number of ether oxygens (including phenoxy) is 1. The molecule has 110 valence electrons. The van der Waals surface area contributed by atoms with Crippen molar-refractivity contribution in [2.75, 3.05) is 5.32 Å². The van der Waals surface area contributed by atoms with Crippen LogP contribution in [0.5, 0.6) is 5.75 Å². The lowest BCUT2D eigenvalue weighted by molar-refractivity contribution is -0.122. The van der Waals surface area contributed by atoms with Crippen LogP contribution in [-0.4, -0.2) is 12.0 Å². The lowest BCUT2D eigenvalue weighted by atomic mass is 10.2. The van der Waals surface area contributed by atoms with E-state index in [9.17, 15) is 4.79 Å². The SMILES string of the molecule is CC[C@@H](Oc1ccccc1)C(=O)Nc1ccc(C)c(Cl)c1. The molecule has 1 atom stereocenters. The maximum absolute atomic E-state index is 12.3. The van der Waals surface area contributed by atoms with Gasteiger partial charge in [0.15, 0.2) is 6.10 Å². The van der Waals surface area contributed by atoms with Crippen LogP contribution < -0.4 is 10.1 Å². The van der Waals surface area contributed by atoms with E-state index in [0.717, 1.165) is 5.56 Å². The zero-order valence-corrected chi connectivity index (χ0v) is 12.9. The number of hydrogen-bond donors (Lipinski definition) is 1. The fourth-order valence-electron chi connectivity index (χ4n) is 1.88. The predicted molar refractivity (Wildman–Crippen MR) is 86.0 cm³/mol. The van der Waals surface area contributed by atoms with Crippen LogP contribution in [-0.2, 0) is 4.79 Å². The van der Waals surface area contributed by atoms with Crippen molar-refractivity contribution in [3.8, 4) is 5.75 Å². The van der Waals surface area contributed by atoms with Gasteiger partial charge in [-0.3, -0.25) is 4.79 Å². The van der Waals surface area contributed by atoms with Gasteiger partial charge in [0.1, 0.15) is 5.75 Å². The molecule has 2 aromatic carbocycles. The maximum Gasteiger partial charge on any atom is 0.265 e. The van der Waals surface area contributed by atoms with Gasteiger partial charge < -0.3 is 10.1 Å². The largest absolute Gasteiger partial charge is 0.481 e. The van der Waals surface area contributed by atoms with Gasteiger partial charge in [-0.15, -0.1) is 0 Å². The standard InChI is InChI=1S/C17H18ClNO2/c1-3-16(21-14-7-5-4-6-8-14)17(20)19-13-10-9-12(2)15(18)11-13/h4-11,16H,3H2,1-2H3,(H,19,20)/t16-/m1/s1. The molecule has 1 amide bonds. The van der Waals surface area contributed by atoms with Crippen LogP contribution in [0.2, 0.25) is 5.02 Å². The van der Waals surface area contributed by atoms with Gasteiger partial charge in [-0.25, -0.2) is 0 Å². The fourth-order valence-corrected chi connectivity index (χ4v) is 2.06. The number of carbonyl (C=O) groups excluding carboxylic acids is 1.